The van der Waals surface area contributed by atoms with Crippen molar-refractivity contribution in [2.75, 3.05) is 0 Å². The van der Waals surface area contributed by atoms with Crippen molar-refractivity contribution < 1.29 is 13.2 Å². The van der Waals surface area contributed by atoms with Gasteiger partial charge in [0, 0.05) is 18.7 Å². The molecular formula is C8H12F3N3. The summed E-state index contributed by atoms with van der Waals surface area (Å²) < 4.78 is 38.6. The Morgan fingerprint density at radius 2 is 2.14 bits per heavy atom. The van der Waals surface area contributed by atoms with E-state index in [-0.39, 0.29) is 18.7 Å². The molecule has 1 aromatic rings. The molecule has 0 radical (unpaired) electrons. The normalized spacial score (nSPS) is 12.1. The topological polar surface area (TPSA) is 43.8 Å². The van der Waals surface area contributed by atoms with Crippen LogP contribution in [0.25, 0.3) is 0 Å². The van der Waals surface area contributed by atoms with Crippen LogP contribution >= 0.6 is 0 Å². The van der Waals surface area contributed by atoms with E-state index in [1.807, 2.05) is 0 Å². The summed E-state index contributed by atoms with van der Waals surface area (Å²) in [5.74, 6) is 0. The lowest BCUT2D eigenvalue weighted by Crippen LogP contribution is -2.17. The zero-order chi connectivity index (χ0) is 10.8. The second-order valence-electron chi connectivity index (χ2n) is 2.94. The van der Waals surface area contributed by atoms with Crippen LogP contribution in [0.4, 0.5) is 13.2 Å². The quantitative estimate of drug-likeness (QED) is 0.820. The van der Waals surface area contributed by atoms with Gasteiger partial charge in [-0.05, 0) is 6.42 Å². The molecule has 0 saturated carbocycles. The van der Waals surface area contributed by atoms with Gasteiger partial charge < -0.3 is 5.73 Å². The van der Waals surface area contributed by atoms with E-state index in [4.69, 9.17) is 5.73 Å². The number of aryl methyl sites for hydroxylation is 1. The van der Waals surface area contributed by atoms with Crippen molar-refractivity contribution in [3.8, 4) is 0 Å². The van der Waals surface area contributed by atoms with Crippen LogP contribution in [-0.2, 0) is 19.3 Å². The Balaban J connectivity index is 3.13. The Kier molecular flexibility index (Phi) is 3.15. The average molecular weight is 207 g/mol. The molecule has 0 aliphatic carbocycles. The molecule has 1 aromatic heterocycles. The number of aromatic nitrogens is 2. The van der Waals surface area contributed by atoms with Crippen molar-refractivity contribution in [3.63, 3.8) is 0 Å². The molecule has 0 spiro atoms. The van der Waals surface area contributed by atoms with E-state index in [2.05, 4.69) is 5.10 Å². The van der Waals surface area contributed by atoms with E-state index >= 15 is 0 Å². The minimum atomic E-state index is -4.37. The van der Waals surface area contributed by atoms with E-state index in [1.165, 1.54) is 6.20 Å². The van der Waals surface area contributed by atoms with Gasteiger partial charge in [0.25, 0.3) is 0 Å². The lowest BCUT2D eigenvalue weighted by atomic mass is 10.2. The molecule has 0 aromatic carbocycles. The number of nitrogens with two attached hydrogens (primary N) is 1. The van der Waals surface area contributed by atoms with Crippen molar-refractivity contribution in [2.24, 2.45) is 5.73 Å². The second kappa shape index (κ2) is 4.00. The van der Waals surface area contributed by atoms with Crippen LogP contribution < -0.4 is 5.73 Å². The Hall–Kier alpha value is -1.04. The molecular weight excluding hydrogens is 195 g/mol. The van der Waals surface area contributed by atoms with Crippen molar-refractivity contribution >= 4 is 0 Å². The first kappa shape index (κ1) is 11.0. The Bertz CT molecular complexity index is 303. The molecule has 0 aliphatic heterocycles. The predicted octanol–water partition coefficient (Wildman–Crippen LogP) is 1.77. The van der Waals surface area contributed by atoms with Gasteiger partial charge in [-0.1, -0.05) is 6.92 Å². The summed E-state index contributed by atoms with van der Waals surface area (Å²) in [7, 11) is 0. The number of nitrogens with zero attached hydrogens (tertiary/aromatic N) is 2. The zero-order valence-electron chi connectivity index (χ0n) is 7.80. The highest BCUT2D eigenvalue weighted by Crippen LogP contribution is 2.31. The highest BCUT2D eigenvalue weighted by molar-refractivity contribution is 5.20. The van der Waals surface area contributed by atoms with E-state index in [0.29, 0.717) is 6.42 Å². The molecule has 0 amide bonds. The summed E-state index contributed by atoms with van der Waals surface area (Å²) in [6, 6.07) is 0. The number of hydrogen-bond acceptors (Lipinski definition) is 2. The summed E-state index contributed by atoms with van der Waals surface area (Å²) in [6.07, 6.45) is -2.59. The fourth-order valence-corrected chi connectivity index (χ4v) is 1.28. The van der Waals surface area contributed by atoms with Gasteiger partial charge in [-0.2, -0.15) is 18.3 Å². The van der Waals surface area contributed by atoms with Gasteiger partial charge in [0.2, 0.25) is 0 Å². The Morgan fingerprint density at radius 3 is 2.57 bits per heavy atom. The minimum Gasteiger partial charge on any atom is -0.326 e. The fourth-order valence-electron chi connectivity index (χ4n) is 1.28. The largest absolute Gasteiger partial charge is 0.433 e. The van der Waals surface area contributed by atoms with Gasteiger partial charge >= 0.3 is 6.18 Å². The van der Waals surface area contributed by atoms with E-state index in [9.17, 15) is 13.2 Å². The molecule has 6 heteroatoms. The molecule has 1 rings (SSSR count). The third-order valence-electron chi connectivity index (χ3n) is 1.84. The lowest BCUT2D eigenvalue weighted by Gasteiger charge is -2.11. The Morgan fingerprint density at radius 1 is 1.50 bits per heavy atom. The van der Waals surface area contributed by atoms with Crippen molar-refractivity contribution in [1.82, 2.24) is 9.78 Å². The number of alkyl halides is 3. The molecule has 0 unspecified atom stereocenters. The molecule has 14 heavy (non-hydrogen) atoms. The Labute approximate surface area is 79.7 Å². The molecule has 0 fully saturated rings. The number of hydrogen-bond donors (Lipinski definition) is 1. The molecule has 0 aliphatic rings. The van der Waals surface area contributed by atoms with Crippen molar-refractivity contribution in [2.45, 2.75) is 32.6 Å². The zero-order valence-corrected chi connectivity index (χ0v) is 7.80. The van der Waals surface area contributed by atoms with E-state index < -0.39 is 11.9 Å². The standard InChI is InChI=1S/C8H12F3N3/c1-2-3-14-7(8(9,10)11)6(4-12)5-13-14/h5H,2-4,12H2,1H3. The first-order valence-corrected chi connectivity index (χ1v) is 4.32. The minimum absolute atomic E-state index is 0.0472. The average Bonchev–Trinajstić information content (AvgIpc) is 2.47. The van der Waals surface area contributed by atoms with Crippen LogP contribution in [-0.4, -0.2) is 9.78 Å². The maximum atomic E-state index is 12.5. The van der Waals surface area contributed by atoms with Crippen molar-refractivity contribution in [1.29, 1.82) is 0 Å². The SMILES string of the molecule is CCCn1ncc(CN)c1C(F)(F)F. The van der Waals surface area contributed by atoms with Crippen LogP contribution in [0.2, 0.25) is 0 Å². The second-order valence-corrected chi connectivity index (χ2v) is 2.94. The number of halogens is 3. The van der Waals surface area contributed by atoms with Gasteiger partial charge in [0.1, 0.15) is 5.69 Å². The summed E-state index contributed by atoms with van der Waals surface area (Å²) in [5, 5.41) is 3.66. The molecule has 1 heterocycles. The summed E-state index contributed by atoms with van der Waals surface area (Å²) in [4.78, 5) is 0. The third kappa shape index (κ3) is 2.06. The summed E-state index contributed by atoms with van der Waals surface area (Å²) in [6.45, 7) is 1.91. The molecule has 2 N–H and O–H groups in total. The maximum absolute atomic E-state index is 12.5. The van der Waals surface area contributed by atoms with Gasteiger partial charge in [-0.15, -0.1) is 0 Å². The van der Waals surface area contributed by atoms with Crippen LogP contribution in [0.15, 0.2) is 6.20 Å². The van der Waals surface area contributed by atoms with Gasteiger partial charge in [-0.25, -0.2) is 0 Å². The monoisotopic (exact) mass is 207 g/mol. The van der Waals surface area contributed by atoms with Gasteiger partial charge in [0.05, 0.1) is 6.20 Å². The molecule has 0 saturated heterocycles. The molecule has 3 nitrogen and oxygen atoms in total. The first-order valence-electron chi connectivity index (χ1n) is 4.32. The maximum Gasteiger partial charge on any atom is 0.433 e. The highest BCUT2D eigenvalue weighted by Gasteiger charge is 2.37. The molecule has 80 valence electrons. The van der Waals surface area contributed by atoms with Crippen LogP contribution in [0.3, 0.4) is 0 Å². The molecule has 0 bridgehead atoms. The van der Waals surface area contributed by atoms with Crippen LogP contribution in [0.5, 0.6) is 0 Å². The van der Waals surface area contributed by atoms with Crippen molar-refractivity contribution in [3.05, 3.63) is 17.5 Å². The van der Waals surface area contributed by atoms with Gasteiger partial charge in [0.15, 0.2) is 0 Å². The highest BCUT2D eigenvalue weighted by atomic mass is 19.4. The van der Waals surface area contributed by atoms with E-state index in [1.54, 1.807) is 6.92 Å². The van der Waals surface area contributed by atoms with E-state index in [0.717, 1.165) is 4.68 Å². The summed E-state index contributed by atoms with van der Waals surface area (Å²) in [5.41, 5.74) is 4.53. The smallest absolute Gasteiger partial charge is 0.326 e. The van der Waals surface area contributed by atoms with Crippen LogP contribution in [0.1, 0.15) is 24.6 Å². The molecule has 0 atom stereocenters. The fraction of sp³-hybridized carbons (Fsp3) is 0.625. The predicted molar refractivity (Wildman–Crippen MR) is 45.4 cm³/mol. The van der Waals surface area contributed by atoms with Gasteiger partial charge in [-0.3, -0.25) is 4.68 Å². The lowest BCUT2D eigenvalue weighted by molar-refractivity contribution is -0.144. The first-order chi connectivity index (χ1) is 6.50. The summed E-state index contributed by atoms with van der Waals surface area (Å²) >= 11 is 0. The number of rotatable bonds is 3. The van der Waals surface area contributed by atoms with Crippen LogP contribution in [0, 0.1) is 0 Å². The third-order valence-corrected chi connectivity index (χ3v) is 1.84.